The van der Waals surface area contributed by atoms with E-state index in [9.17, 15) is 18.0 Å². The molecule has 2 aliphatic rings. The third kappa shape index (κ3) is 3.68. The third-order valence-corrected chi connectivity index (χ3v) is 5.39. The van der Waals surface area contributed by atoms with Crippen molar-refractivity contribution in [2.75, 3.05) is 18.0 Å². The van der Waals surface area contributed by atoms with E-state index < -0.39 is 17.4 Å². The van der Waals surface area contributed by atoms with Crippen LogP contribution in [0, 0.1) is 5.92 Å². The average Bonchev–Trinajstić information content (AvgIpc) is 3.12. The van der Waals surface area contributed by atoms with Gasteiger partial charge in [-0.2, -0.15) is 13.2 Å². The van der Waals surface area contributed by atoms with Crippen molar-refractivity contribution in [1.82, 2.24) is 19.5 Å². The molecule has 1 saturated heterocycles. The molecule has 0 spiro atoms. The Morgan fingerprint density at radius 2 is 1.89 bits per heavy atom. The number of nitrogens with zero attached hydrogens (tertiary/aromatic N) is 5. The lowest BCUT2D eigenvalue weighted by Crippen LogP contribution is -2.37. The molecule has 0 atom stereocenters. The molecule has 3 heterocycles. The van der Waals surface area contributed by atoms with Gasteiger partial charge in [-0.05, 0) is 38.0 Å². The maximum Gasteiger partial charge on any atom is 0.433 e. The summed E-state index contributed by atoms with van der Waals surface area (Å²) in [5.41, 5.74) is 0.591. The molecule has 6 nitrogen and oxygen atoms in total. The predicted molar refractivity (Wildman–Crippen MR) is 92.5 cm³/mol. The Kier molecular flexibility index (Phi) is 4.61. The Morgan fingerprint density at radius 3 is 2.59 bits per heavy atom. The second kappa shape index (κ2) is 6.94. The van der Waals surface area contributed by atoms with Crippen LogP contribution in [0.4, 0.5) is 19.0 Å². The van der Waals surface area contributed by atoms with E-state index in [0.717, 1.165) is 63.0 Å². The lowest BCUT2D eigenvalue weighted by atomic mass is 9.96. The molecule has 0 bridgehead atoms. The number of alkyl halides is 3. The van der Waals surface area contributed by atoms with Crippen molar-refractivity contribution < 1.29 is 13.2 Å². The summed E-state index contributed by atoms with van der Waals surface area (Å²) in [6.45, 7) is 2.02. The van der Waals surface area contributed by atoms with Crippen LogP contribution >= 0.6 is 0 Å². The van der Waals surface area contributed by atoms with Crippen molar-refractivity contribution in [3.05, 3.63) is 46.0 Å². The number of anilines is 1. The summed E-state index contributed by atoms with van der Waals surface area (Å²) in [6.07, 6.45) is 2.87. The van der Waals surface area contributed by atoms with Gasteiger partial charge < -0.3 is 4.90 Å². The number of rotatable bonds is 3. The zero-order valence-electron chi connectivity index (χ0n) is 14.7. The number of hydrogen-bond donors (Lipinski definition) is 0. The fraction of sp³-hybridized carbons (Fsp3) is 0.556. The molecular weight excluding hydrogens is 359 g/mol. The van der Waals surface area contributed by atoms with E-state index in [1.807, 2.05) is 0 Å². The molecule has 0 amide bonds. The molecular formula is C18H20F3N5O. The molecule has 0 radical (unpaired) electrons. The first-order chi connectivity index (χ1) is 12.9. The van der Waals surface area contributed by atoms with Gasteiger partial charge >= 0.3 is 6.18 Å². The lowest BCUT2D eigenvalue weighted by Gasteiger charge is -2.33. The topological polar surface area (TPSA) is 63.9 Å². The number of aromatic nitrogens is 4. The van der Waals surface area contributed by atoms with Gasteiger partial charge in [0.15, 0.2) is 5.69 Å². The summed E-state index contributed by atoms with van der Waals surface area (Å²) in [5, 5.41) is 0. The maximum atomic E-state index is 12.6. The van der Waals surface area contributed by atoms with Crippen molar-refractivity contribution in [1.29, 1.82) is 0 Å². The standard InChI is InChI=1S/C18H20F3N5O/c19-18(20,21)15-8-16(27)26(11-24-15)9-12-4-6-25(7-5-12)17-13-2-1-3-14(13)22-10-23-17/h8,10-12H,1-7,9H2. The van der Waals surface area contributed by atoms with Crippen molar-refractivity contribution in [3.8, 4) is 0 Å². The fourth-order valence-electron chi connectivity index (χ4n) is 3.94. The Balaban J connectivity index is 1.41. The Bertz CT molecular complexity index is 887. The molecule has 1 aliphatic carbocycles. The zero-order chi connectivity index (χ0) is 19.0. The molecule has 9 heteroatoms. The Labute approximate surface area is 154 Å². The lowest BCUT2D eigenvalue weighted by molar-refractivity contribution is -0.141. The SMILES string of the molecule is O=c1cc(C(F)(F)F)ncn1CC1CCN(c2ncnc3c2CCC3)CC1. The molecule has 27 heavy (non-hydrogen) atoms. The van der Waals surface area contributed by atoms with Crippen LogP contribution in [-0.2, 0) is 25.6 Å². The maximum absolute atomic E-state index is 12.6. The number of fused-ring (bicyclic) bond motifs is 1. The number of halogens is 3. The minimum absolute atomic E-state index is 0.229. The van der Waals surface area contributed by atoms with Crippen LogP contribution in [0.3, 0.4) is 0 Å². The van der Waals surface area contributed by atoms with Crippen molar-refractivity contribution in [2.24, 2.45) is 5.92 Å². The van der Waals surface area contributed by atoms with Gasteiger partial charge in [0.05, 0.1) is 6.33 Å². The van der Waals surface area contributed by atoms with E-state index in [4.69, 9.17) is 0 Å². The Morgan fingerprint density at radius 1 is 1.11 bits per heavy atom. The molecule has 2 aromatic rings. The van der Waals surface area contributed by atoms with E-state index in [1.165, 1.54) is 10.1 Å². The first-order valence-electron chi connectivity index (χ1n) is 9.13. The largest absolute Gasteiger partial charge is 0.433 e. The van der Waals surface area contributed by atoms with Gasteiger partial charge in [0.25, 0.3) is 5.56 Å². The van der Waals surface area contributed by atoms with Crippen LogP contribution < -0.4 is 10.5 Å². The molecule has 144 valence electrons. The number of aryl methyl sites for hydroxylation is 1. The summed E-state index contributed by atoms with van der Waals surface area (Å²) >= 11 is 0. The van der Waals surface area contributed by atoms with Crippen molar-refractivity contribution in [2.45, 2.75) is 44.8 Å². The van der Waals surface area contributed by atoms with Crippen LogP contribution in [0.1, 0.15) is 36.2 Å². The Hall–Kier alpha value is -2.45. The van der Waals surface area contributed by atoms with Crippen molar-refractivity contribution >= 4 is 5.82 Å². The zero-order valence-corrected chi connectivity index (χ0v) is 14.7. The van der Waals surface area contributed by atoms with Crippen LogP contribution in [0.15, 0.2) is 23.5 Å². The highest BCUT2D eigenvalue weighted by Gasteiger charge is 2.33. The van der Waals surface area contributed by atoms with Crippen LogP contribution in [-0.4, -0.2) is 32.6 Å². The van der Waals surface area contributed by atoms with Gasteiger partial charge in [0.1, 0.15) is 12.1 Å². The molecule has 0 saturated carbocycles. The molecule has 0 N–H and O–H groups in total. The number of hydrogen-bond acceptors (Lipinski definition) is 5. The molecule has 1 fully saturated rings. The first kappa shape index (κ1) is 17.9. The van der Waals surface area contributed by atoms with Gasteiger partial charge in [-0.15, -0.1) is 0 Å². The molecule has 2 aromatic heterocycles. The minimum atomic E-state index is -4.60. The summed E-state index contributed by atoms with van der Waals surface area (Å²) in [7, 11) is 0. The van der Waals surface area contributed by atoms with Gasteiger partial charge in [-0.25, -0.2) is 15.0 Å². The number of piperidine rings is 1. The summed E-state index contributed by atoms with van der Waals surface area (Å²) in [5.74, 6) is 1.25. The quantitative estimate of drug-likeness (QED) is 0.820. The highest BCUT2D eigenvalue weighted by atomic mass is 19.4. The van der Waals surface area contributed by atoms with Gasteiger partial charge in [-0.3, -0.25) is 9.36 Å². The predicted octanol–water partition coefficient (Wildman–Crippen LogP) is 2.46. The van der Waals surface area contributed by atoms with E-state index in [1.54, 1.807) is 6.33 Å². The van der Waals surface area contributed by atoms with Gasteiger partial charge in [-0.1, -0.05) is 0 Å². The summed E-state index contributed by atoms with van der Waals surface area (Å²) in [4.78, 5) is 26.4. The highest BCUT2D eigenvalue weighted by Crippen LogP contribution is 2.31. The first-order valence-corrected chi connectivity index (χ1v) is 9.13. The minimum Gasteiger partial charge on any atom is -0.356 e. The third-order valence-electron chi connectivity index (χ3n) is 5.39. The van der Waals surface area contributed by atoms with Gasteiger partial charge in [0.2, 0.25) is 0 Å². The van der Waals surface area contributed by atoms with E-state index in [2.05, 4.69) is 19.9 Å². The highest BCUT2D eigenvalue weighted by molar-refractivity contribution is 5.50. The fourth-order valence-corrected chi connectivity index (χ4v) is 3.94. The molecule has 0 aromatic carbocycles. The molecule has 4 rings (SSSR count). The second-order valence-corrected chi connectivity index (χ2v) is 7.17. The second-order valence-electron chi connectivity index (χ2n) is 7.17. The monoisotopic (exact) mass is 379 g/mol. The van der Waals surface area contributed by atoms with Crippen LogP contribution in [0.2, 0.25) is 0 Å². The average molecular weight is 379 g/mol. The van der Waals surface area contributed by atoms with E-state index in [-0.39, 0.29) is 5.92 Å². The normalized spacial score (nSPS) is 18.0. The van der Waals surface area contributed by atoms with E-state index in [0.29, 0.717) is 12.6 Å². The van der Waals surface area contributed by atoms with Gasteiger partial charge in [0, 0.05) is 37.0 Å². The smallest absolute Gasteiger partial charge is 0.356 e. The molecule has 1 aliphatic heterocycles. The summed E-state index contributed by atoms with van der Waals surface area (Å²) < 4.78 is 39.2. The molecule has 0 unspecified atom stereocenters. The van der Waals surface area contributed by atoms with Crippen LogP contribution in [0.5, 0.6) is 0 Å². The van der Waals surface area contributed by atoms with Crippen LogP contribution in [0.25, 0.3) is 0 Å². The van der Waals surface area contributed by atoms with E-state index >= 15 is 0 Å². The summed E-state index contributed by atoms with van der Waals surface area (Å²) in [6, 6.07) is 0.569. The van der Waals surface area contributed by atoms with Crippen molar-refractivity contribution in [3.63, 3.8) is 0 Å².